The predicted molar refractivity (Wildman–Crippen MR) is 89.9 cm³/mol. The molecular formula is C15H22N4O3S. The lowest BCUT2D eigenvalue weighted by Crippen LogP contribution is -2.47. The number of piperidine rings is 1. The molecule has 1 atom stereocenters. The lowest BCUT2D eigenvalue weighted by molar-refractivity contribution is -0.141. The van der Waals surface area contributed by atoms with Gasteiger partial charge in [0.05, 0.1) is 0 Å². The summed E-state index contributed by atoms with van der Waals surface area (Å²) in [7, 11) is 0. The predicted octanol–water partition coefficient (Wildman–Crippen LogP) is 0.809. The molecule has 126 valence electrons. The van der Waals surface area contributed by atoms with Gasteiger partial charge in [0.1, 0.15) is 6.04 Å². The van der Waals surface area contributed by atoms with Crippen LogP contribution in [0.15, 0.2) is 6.07 Å². The Morgan fingerprint density at radius 1 is 1.35 bits per heavy atom. The minimum atomic E-state index is -1.06. The average Bonchev–Trinajstić information content (AvgIpc) is 2.51. The van der Waals surface area contributed by atoms with E-state index < -0.39 is 12.0 Å². The van der Waals surface area contributed by atoms with Gasteiger partial charge >= 0.3 is 5.97 Å². The van der Waals surface area contributed by atoms with E-state index in [0.29, 0.717) is 31.9 Å². The van der Waals surface area contributed by atoms with Crippen molar-refractivity contribution in [3.05, 3.63) is 17.5 Å². The van der Waals surface area contributed by atoms with Crippen molar-refractivity contribution in [2.24, 2.45) is 5.92 Å². The highest BCUT2D eigenvalue weighted by atomic mass is 32.1. The molecule has 1 aromatic rings. The molecule has 8 heteroatoms. The molecule has 1 amide bonds. The molecule has 1 aliphatic rings. The molecule has 0 radical (unpaired) electrons. The summed E-state index contributed by atoms with van der Waals surface area (Å²) in [5.74, 6) is -0.683. The maximum absolute atomic E-state index is 12.2. The van der Waals surface area contributed by atoms with Crippen molar-refractivity contribution in [1.29, 1.82) is 0 Å². The van der Waals surface area contributed by atoms with Crippen molar-refractivity contribution in [3.8, 4) is 0 Å². The third-order valence-electron chi connectivity index (χ3n) is 3.92. The van der Waals surface area contributed by atoms with Crippen molar-refractivity contribution in [2.45, 2.75) is 32.7 Å². The molecule has 0 aromatic carbocycles. The first-order valence-corrected chi connectivity index (χ1v) is 8.25. The van der Waals surface area contributed by atoms with E-state index in [4.69, 9.17) is 5.11 Å². The largest absolute Gasteiger partial charge is 0.480 e. The van der Waals surface area contributed by atoms with Crippen LogP contribution in [-0.4, -0.2) is 51.8 Å². The molecule has 0 bridgehead atoms. The van der Waals surface area contributed by atoms with Crippen molar-refractivity contribution >= 4 is 30.5 Å². The van der Waals surface area contributed by atoms with Crippen molar-refractivity contribution < 1.29 is 14.7 Å². The second-order valence-electron chi connectivity index (χ2n) is 5.79. The minimum absolute atomic E-state index is 0.0797. The number of aromatic nitrogens is 2. The van der Waals surface area contributed by atoms with Gasteiger partial charge in [0, 0.05) is 36.1 Å². The summed E-state index contributed by atoms with van der Waals surface area (Å²) >= 11 is 3.95. The van der Waals surface area contributed by atoms with Crippen molar-refractivity contribution in [3.63, 3.8) is 0 Å². The normalized spacial score (nSPS) is 16.9. The smallest absolute Gasteiger partial charge is 0.327 e. The maximum atomic E-state index is 12.2. The lowest BCUT2D eigenvalue weighted by atomic mass is 9.96. The molecule has 1 saturated heterocycles. The van der Waals surface area contributed by atoms with Crippen LogP contribution in [-0.2, 0) is 9.59 Å². The van der Waals surface area contributed by atoms with Gasteiger partial charge in [0.15, 0.2) is 0 Å². The second kappa shape index (κ2) is 7.63. The summed E-state index contributed by atoms with van der Waals surface area (Å²) < 4.78 is 0. The van der Waals surface area contributed by atoms with Crippen LogP contribution in [0, 0.1) is 19.8 Å². The van der Waals surface area contributed by atoms with Crippen LogP contribution < -0.4 is 10.2 Å². The summed E-state index contributed by atoms with van der Waals surface area (Å²) in [6.07, 6.45) is 1.31. The van der Waals surface area contributed by atoms with Crippen molar-refractivity contribution in [2.75, 3.05) is 23.7 Å². The van der Waals surface area contributed by atoms with Gasteiger partial charge < -0.3 is 15.3 Å². The average molecular weight is 338 g/mol. The van der Waals surface area contributed by atoms with Crippen LogP contribution in [0.25, 0.3) is 0 Å². The highest BCUT2D eigenvalue weighted by molar-refractivity contribution is 7.80. The van der Waals surface area contributed by atoms with Gasteiger partial charge in [-0.1, -0.05) is 0 Å². The molecule has 23 heavy (non-hydrogen) atoms. The number of carboxylic acids is 1. The van der Waals surface area contributed by atoms with Crippen LogP contribution in [0.5, 0.6) is 0 Å². The topological polar surface area (TPSA) is 95.4 Å². The monoisotopic (exact) mass is 338 g/mol. The Morgan fingerprint density at radius 2 is 1.91 bits per heavy atom. The number of nitrogens with one attached hydrogen (secondary N) is 1. The molecule has 1 unspecified atom stereocenters. The zero-order valence-corrected chi connectivity index (χ0v) is 14.2. The lowest BCUT2D eigenvalue weighted by Gasteiger charge is -2.32. The number of hydrogen-bond donors (Lipinski definition) is 3. The molecule has 0 saturated carbocycles. The van der Waals surface area contributed by atoms with Gasteiger partial charge in [-0.25, -0.2) is 14.8 Å². The Balaban J connectivity index is 1.93. The van der Waals surface area contributed by atoms with Gasteiger partial charge in [-0.3, -0.25) is 4.79 Å². The fraction of sp³-hybridized carbons (Fsp3) is 0.600. The molecular weight excluding hydrogens is 316 g/mol. The highest BCUT2D eigenvalue weighted by Crippen LogP contribution is 2.21. The highest BCUT2D eigenvalue weighted by Gasteiger charge is 2.28. The number of carboxylic acid groups (broad SMARTS) is 1. The Bertz CT molecular complexity index is 568. The molecule has 7 nitrogen and oxygen atoms in total. The molecule has 1 aromatic heterocycles. The Kier molecular flexibility index (Phi) is 5.81. The molecule has 0 spiro atoms. The molecule has 2 heterocycles. The van der Waals surface area contributed by atoms with Crippen molar-refractivity contribution in [1.82, 2.24) is 15.3 Å². The SMILES string of the molecule is Cc1cc(C)nc(N2CCC(C(=O)NC(CS)C(=O)O)CC2)n1. The zero-order valence-electron chi connectivity index (χ0n) is 13.3. The first-order valence-electron chi connectivity index (χ1n) is 7.62. The van der Waals surface area contributed by atoms with Crippen LogP contribution in [0.4, 0.5) is 5.95 Å². The van der Waals surface area contributed by atoms with E-state index in [-0.39, 0.29) is 17.6 Å². The van der Waals surface area contributed by atoms with Crippen LogP contribution in [0.3, 0.4) is 0 Å². The van der Waals surface area contributed by atoms with E-state index in [9.17, 15) is 9.59 Å². The van der Waals surface area contributed by atoms with Gasteiger partial charge in [-0.2, -0.15) is 12.6 Å². The summed E-state index contributed by atoms with van der Waals surface area (Å²) in [5.41, 5.74) is 1.84. The molecule has 2 N–H and O–H groups in total. The Labute approximate surface area is 140 Å². The molecule has 2 rings (SSSR count). The van der Waals surface area contributed by atoms with Crippen LogP contribution in [0.1, 0.15) is 24.2 Å². The molecule has 0 aliphatic carbocycles. The third kappa shape index (κ3) is 4.57. The summed E-state index contributed by atoms with van der Waals surface area (Å²) in [4.78, 5) is 34.1. The number of anilines is 1. The van der Waals surface area contributed by atoms with Gasteiger partial charge in [-0.15, -0.1) is 0 Å². The number of aryl methyl sites for hydroxylation is 2. The number of rotatable bonds is 5. The van der Waals surface area contributed by atoms with Crippen LogP contribution in [0.2, 0.25) is 0 Å². The number of nitrogens with zero attached hydrogens (tertiary/aromatic N) is 3. The summed E-state index contributed by atoms with van der Waals surface area (Å²) in [6, 6.07) is 0.985. The fourth-order valence-corrected chi connectivity index (χ4v) is 2.91. The minimum Gasteiger partial charge on any atom is -0.480 e. The summed E-state index contributed by atoms with van der Waals surface area (Å²) in [5, 5.41) is 11.5. The van der Waals surface area contributed by atoms with E-state index in [0.717, 1.165) is 11.4 Å². The Hall–Kier alpha value is -1.83. The van der Waals surface area contributed by atoms with E-state index in [1.807, 2.05) is 19.9 Å². The van der Waals surface area contributed by atoms with Gasteiger partial charge in [0.25, 0.3) is 0 Å². The zero-order chi connectivity index (χ0) is 17.0. The first-order chi connectivity index (χ1) is 10.9. The standard InChI is InChI=1S/C15H22N4O3S/c1-9-7-10(2)17-15(16-9)19-5-3-11(4-6-19)13(20)18-12(8-23)14(21)22/h7,11-12,23H,3-6,8H2,1-2H3,(H,18,20)(H,21,22). The number of aliphatic carboxylic acids is 1. The number of thiol groups is 1. The Morgan fingerprint density at radius 3 is 2.39 bits per heavy atom. The second-order valence-corrected chi connectivity index (χ2v) is 6.16. The van der Waals surface area contributed by atoms with Crippen LogP contribution >= 0.6 is 12.6 Å². The number of carbonyl (C=O) groups excluding carboxylic acids is 1. The third-order valence-corrected chi connectivity index (χ3v) is 4.28. The van der Waals surface area contributed by atoms with E-state index in [1.54, 1.807) is 0 Å². The van der Waals surface area contributed by atoms with E-state index >= 15 is 0 Å². The molecule has 1 fully saturated rings. The van der Waals surface area contributed by atoms with E-state index in [2.05, 4.69) is 32.8 Å². The number of hydrogen-bond acceptors (Lipinski definition) is 6. The molecule has 1 aliphatic heterocycles. The number of amides is 1. The van der Waals surface area contributed by atoms with Gasteiger partial charge in [-0.05, 0) is 32.8 Å². The first kappa shape index (κ1) is 17.5. The fourth-order valence-electron chi connectivity index (χ4n) is 2.67. The number of carbonyl (C=O) groups is 2. The quantitative estimate of drug-likeness (QED) is 0.688. The summed E-state index contributed by atoms with van der Waals surface area (Å²) in [6.45, 7) is 5.23. The maximum Gasteiger partial charge on any atom is 0.327 e. The van der Waals surface area contributed by atoms with Gasteiger partial charge in [0.2, 0.25) is 11.9 Å². The van der Waals surface area contributed by atoms with E-state index in [1.165, 1.54) is 0 Å².